The van der Waals surface area contributed by atoms with E-state index in [-0.39, 0.29) is 17.7 Å². The van der Waals surface area contributed by atoms with Gasteiger partial charge in [0.05, 0.1) is 0 Å². The van der Waals surface area contributed by atoms with Crippen LogP contribution in [-0.4, -0.2) is 16.9 Å². The average molecular weight is 381 g/mol. The van der Waals surface area contributed by atoms with Crippen molar-refractivity contribution in [2.45, 2.75) is 38.1 Å². The molecular weight excluding hydrogens is 360 g/mol. The van der Waals surface area contributed by atoms with Crippen LogP contribution < -0.4 is 5.32 Å². The van der Waals surface area contributed by atoms with E-state index in [9.17, 15) is 4.79 Å². The quantitative estimate of drug-likeness (QED) is 0.629. The Morgan fingerprint density at radius 2 is 1.67 bits per heavy atom. The number of carbonyl (C=O) groups excluding carboxylic acids is 1. The number of halogens is 1. The molecule has 4 rings (SSSR count). The lowest BCUT2D eigenvalue weighted by molar-refractivity contribution is 0.0901. The normalized spacial score (nSPS) is 14.9. The first-order valence-corrected chi connectivity index (χ1v) is 9.71. The molecule has 1 aliphatic rings. The van der Waals surface area contributed by atoms with Gasteiger partial charge in [-0.25, -0.2) is 4.98 Å². The van der Waals surface area contributed by atoms with Crippen LogP contribution in [-0.2, 0) is 0 Å². The minimum absolute atomic E-state index is 0.203. The fourth-order valence-electron chi connectivity index (χ4n) is 3.48. The number of rotatable bonds is 4. The van der Waals surface area contributed by atoms with Crippen LogP contribution in [0.25, 0.3) is 22.7 Å². The van der Waals surface area contributed by atoms with Crippen LogP contribution in [0.4, 0.5) is 0 Å². The van der Waals surface area contributed by atoms with Gasteiger partial charge < -0.3 is 9.73 Å². The highest BCUT2D eigenvalue weighted by molar-refractivity contribution is 6.30. The fourth-order valence-corrected chi connectivity index (χ4v) is 3.61. The molecule has 0 saturated heterocycles. The van der Waals surface area contributed by atoms with Gasteiger partial charge in [0.25, 0.3) is 5.91 Å². The second-order valence-electron chi connectivity index (χ2n) is 6.88. The number of carbonyl (C=O) groups is 1. The maximum Gasteiger partial charge on any atom is 0.289 e. The molecule has 0 radical (unpaired) electrons. The highest BCUT2D eigenvalue weighted by Gasteiger charge is 2.25. The summed E-state index contributed by atoms with van der Waals surface area (Å²) in [5.74, 6) is 0.484. The average Bonchev–Trinajstić information content (AvgIpc) is 3.16. The molecule has 0 aliphatic heterocycles. The van der Waals surface area contributed by atoms with Crippen LogP contribution in [0.1, 0.15) is 42.7 Å². The number of benzene rings is 2. The van der Waals surface area contributed by atoms with E-state index >= 15 is 0 Å². The van der Waals surface area contributed by atoms with Crippen molar-refractivity contribution in [1.29, 1.82) is 0 Å². The first kappa shape index (κ1) is 17.8. The van der Waals surface area contributed by atoms with Gasteiger partial charge >= 0.3 is 0 Å². The molecule has 1 aromatic heterocycles. The van der Waals surface area contributed by atoms with E-state index in [1.54, 1.807) is 12.1 Å². The Morgan fingerprint density at radius 3 is 2.37 bits per heavy atom. The maximum absolute atomic E-state index is 12.9. The monoisotopic (exact) mass is 380 g/mol. The van der Waals surface area contributed by atoms with E-state index in [0.717, 1.165) is 36.8 Å². The minimum Gasteiger partial charge on any atom is -0.430 e. The fraction of sp³-hybridized carbons (Fsp3) is 0.273. The molecule has 0 bridgehead atoms. The zero-order valence-corrected chi connectivity index (χ0v) is 15.7. The lowest BCUT2D eigenvalue weighted by atomic mass is 9.95. The Balaban J connectivity index is 1.70. The van der Waals surface area contributed by atoms with Crippen LogP contribution in [0.3, 0.4) is 0 Å². The molecule has 138 valence electrons. The predicted octanol–water partition coefficient (Wildman–Crippen LogP) is 5.72. The Labute approximate surface area is 163 Å². The van der Waals surface area contributed by atoms with Gasteiger partial charge in [0.2, 0.25) is 11.7 Å². The number of hydrogen-bond acceptors (Lipinski definition) is 3. The molecule has 0 spiro atoms. The standard InChI is InChI=1S/C22H21ClN2O2/c23-17-13-11-15(12-14-17)19-20(21(26)24-18-9-5-2-6-10-18)27-22(25-19)16-7-3-1-4-8-16/h1,3-4,7-8,11-14,18H,2,5-6,9-10H2,(H,24,26). The second kappa shape index (κ2) is 7.97. The molecule has 27 heavy (non-hydrogen) atoms. The molecule has 1 N–H and O–H groups in total. The van der Waals surface area contributed by atoms with Crippen LogP contribution in [0.15, 0.2) is 59.0 Å². The Bertz CT molecular complexity index is 913. The molecule has 1 amide bonds. The summed E-state index contributed by atoms with van der Waals surface area (Å²) in [6.07, 6.45) is 5.58. The van der Waals surface area contributed by atoms with Crippen LogP contribution >= 0.6 is 11.6 Å². The predicted molar refractivity (Wildman–Crippen MR) is 107 cm³/mol. The van der Waals surface area contributed by atoms with Crippen molar-refractivity contribution in [3.05, 3.63) is 65.4 Å². The number of hydrogen-bond donors (Lipinski definition) is 1. The van der Waals surface area contributed by atoms with Crippen molar-refractivity contribution in [2.75, 3.05) is 0 Å². The molecule has 5 heteroatoms. The summed E-state index contributed by atoms with van der Waals surface area (Å²) in [5, 5.41) is 3.76. The first-order valence-electron chi connectivity index (χ1n) is 9.34. The highest BCUT2D eigenvalue weighted by Crippen LogP contribution is 2.30. The Hall–Kier alpha value is -2.59. The summed E-state index contributed by atoms with van der Waals surface area (Å²) in [5.41, 5.74) is 2.18. The third-order valence-electron chi connectivity index (χ3n) is 4.91. The molecule has 1 heterocycles. The number of oxazole rings is 1. The summed E-state index contributed by atoms with van der Waals surface area (Å²) in [6, 6.07) is 17.1. The number of amides is 1. The molecule has 1 aliphatic carbocycles. The summed E-state index contributed by atoms with van der Waals surface area (Å²) >= 11 is 6.01. The van der Waals surface area contributed by atoms with E-state index in [1.807, 2.05) is 42.5 Å². The zero-order chi connectivity index (χ0) is 18.6. The third-order valence-corrected chi connectivity index (χ3v) is 5.16. The third kappa shape index (κ3) is 4.06. The van der Waals surface area contributed by atoms with E-state index in [2.05, 4.69) is 10.3 Å². The van der Waals surface area contributed by atoms with E-state index in [1.165, 1.54) is 6.42 Å². The molecule has 0 atom stereocenters. The molecular formula is C22H21ClN2O2. The molecule has 4 nitrogen and oxygen atoms in total. The summed E-state index contributed by atoms with van der Waals surface area (Å²) < 4.78 is 5.93. The SMILES string of the molecule is O=C(NC1CCCCC1)c1oc(-c2ccccc2)nc1-c1ccc(Cl)cc1. The van der Waals surface area contributed by atoms with Crippen molar-refractivity contribution in [2.24, 2.45) is 0 Å². The van der Waals surface area contributed by atoms with Crippen molar-refractivity contribution in [3.63, 3.8) is 0 Å². The lowest BCUT2D eigenvalue weighted by Crippen LogP contribution is -2.36. The van der Waals surface area contributed by atoms with Gasteiger partial charge in [-0.3, -0.25) is 4.79 Å². The highest BCUT2D eigenvalue weighted by atomic mass is 35.5. The van der Waals surface area contributed by atoms with Crippen molar-refractivity contribution in [1.82, 2.24) is 10.3 Å². The summed E-state index contributed by atoms with van der Waals surface area (Å²) in [6.45, 7) is 0. The zero-order valence-electron chi connectivity index (χ0n) is 15.0. The smallest absolute Gasteiger partial charge is 0.289 e. The molecule has 1 fully saturated rings. The summed E-state index contributed by atoms with van der Waals surface area (Å²) in [4.78, 5) is 17.6. The Morgan fingerprint density at radius 1 is 0.963 bits per heavy atom. The molecule has 1 saturated carbocycles. The van der Waals surface area contributed by atoms with E-state index < -0.39 is 0 Å². The maximum atomic E-state index is 12.9. The molecule has 2 aromatic carbocycles. The van der Waals surface area contributed by atoms with Crippen LogP contribution in [0.2, 0.25) is 5.02 Å². The minimum atomic E-state index is -0.207. The van der Waals surface area contributed by atoms with E-state index in [4.69, 9.17) is 16.0 Å². The largest absolute Gasteiger partial charge is 0.430 e. The molecule has 0 unspecified atom stereocenters. The van der Waals surface area contributed by atoms with Gasteiger partial charge in [-0.2, -0.15) is 0 Å². The van der Waals surface area contributed by atoms with Crippen molar-refractivity contribution < 1.29 is 9.21 Å². The number of aromatic nitrogens is 1. The number of nitrogens with zero attached hydrogens (tertiary/aromatic N) is 1. The van der Waals surface area contributed by atoms with Gasteiger partial charge in [0, 0.05) is 22.2 Å². The van der Waals surface area contributed by atoms with Gasteiger partial charge in [-0.1, -0.05) is 61.2 Å². The van der Waals surface area contributed by atoms with Gasteiger partial charge in [0.1, 0.15) is 5.69 Å². The lowest BCUT2D eigenvalue weighted by Gasteiger charge is -2.22. The van der Waals surface area contributed by atoms with Gasteiger partial charge in [0.15, 0.2) is 0 Å². The molecule has 3 aromatic rings. The van der Waals surface area contributed by atoms with Crippen LogP contribution in [0.5, 0.6) is 0 Å². The van der Waals surface area contributed by atoms with Gasteiger partial charge in [-0.05, 0) is 37.1 Å². The second-order valence-corrected chi connectivity index (χ2v) is 7.31. The topological polar surface area (TPSA) is 55.1 Å². The van der Waals surface area contributed by atoms with Crippen molar-refractivity contribution >= 4 is 17.5 Å². The van der Waals surface area contributed by atoms with Crippen molar-refractivity contribution in [3.8, 4) is 22.7 Å². The number of nitrogens with one attached hydrogen (secondary N) is 1. The van der Waals surface area contributed by atoms with Gasteiger partial charge in [-0.15, -0.1) is 0 Å². The van der Waals surface area contributed by atoms with E-state index in [0.29, 0.717) is 16.6 Å². The Kier molecular flexibility index (Phi) is 5.26. The van der Waals surface area contributed by atoms with Crippen LogP contribution in [0, 0.1) is 0 Å². The first-order chi connectivity index (χ1) is 13.2. The summed E-state index contributed by atoms with van der Waals surface area (Å²) in [7, 11) is 0.